The molecule has 0 bridgehead atoms. The summed E-state index contributed by atoms with van der Waals surface area (Å²) in [5.41, 5.74) is 4.29. The van der Waals surface area contributed by atoms with Gasteiger partial charge in [0.2, 0.25) is 5.88 Å². The van der Waals surface area contributed by atoms with E-state index in [0.717, 1.165) is 22.5 Å². The Kier molecular flexibility index (Phi) is 6.22. The first kappa shape index (κ1) is 23.3. The molecule has 2 heterocycles. The first-order valence-electron chi connectivity index (χ1n) is 11.2. The van der Waals surface area contributed by atoms with E-state index < -0.39 is 10.0 Å². The number of aryl methyl sites for hydroxylation is 1. The van der Waals surface area contributed by atoms with Crippen molar-refractivity contribution in [3.63, 3.8) is 0 Å². The maximum Gasteiger partial charge on any atom is 0.261 e. The zero-order chi connectivity index (χ0) is 25.1. The van der Waals surface area contributed by atoms with Gasteiger partial charge < -0.3 is 4.74 Å². The molecule has 0 aliphatic carbocycles. The van der Waals surface area contributed by atoms with Gasteiger partial charge in [-0.1, -0.05) is 42.5 Å². The molecule has 0 aliphatic heterocycles. The second-order valence-corrected chi connectivity index (χ2v) is 9.80. The fourth-order valence-corrected chi connectivity index (χ4v) is 4.69. The van der Waals surface area contributed by atoms with Gasteiger partial charge >= 0.3 is 0 Å². The molecule has 0 fully saturated rings. The van der Waals surface area contributed by atoms with Crippen LogP contribution in [0.1, 0.15) is 11.4 Å². The van der Waals surface area contributed by atoms with Gasteiger partial charge in [0.25, 0.3) is 10.0 Å². The van der Waals surface area contributed by atoms with Crippen LogP contribution in [0.4, 0.5) is 5.69 Å². The van der Waals surface area contributed by atoms with Gasteiger partial charge in [-0.3, -0.25) is 9.29 Å². The lowest BCUT2D eigenvalue weighted by molar-refractivity contribution is 0.461. The lowest BCUT2D eigenvalue weighted by atomic mass is 10.1. The van der Waals surface area contributed by atoms with Crippen LogP contribution in [0.2, 0.25) is 0 Å². The first-order valence-corrected chi connectivity index (χ1v) is 12.7. The SMILES string of the molecule is Cc1ncn(-c2cc(Oc3ccc(NS(=O)(=O)c4ccc(-c5ccccc5)cc4)cc3)ncn2)c1C. The van der Waals surface area contributed by atoms with Crippen LogP contribution in [-0.2, 0) is 10.0 Å². The van der Waals surface area contributed by atoms with E-state index in [9.17, 15) is 8.42 Å². The largest absolute Gasteiger partial charge is 0.439 e. The number of aromatic nitrogens is 4. The van der Waals surface area contributed by atoms with Crippen molar-refractivity contribution in [1.29, 1.82) is 0 Å². The van der Waals surface area contributed by atoms with Crippen LogP contribution in [0.25, 0.3) is 16.9 Å². The molecule has 36 heavy (non-hydrogen) atoms. The van der Waals surface area contributed by atoms with E-state index in [1.165, 1.54) is 6.33 Å². The average Bonchev–Trinajstić information content (AvgIpc) is 3.24. The quantitative estimate of drug-likeness (QED) is 0.317. The summed E-state index contributed by atoms with van der Waals surface area (Å²) < 4.78 is 36.0. The lowest BCUT2D eigenvalue weighted by Gasteiger charge is -2.11. The molecule has 0 radical (unpaired) electrons. The van der Waals surface area contributed by atoms with Crippen LogP contribution < -0.4 is 9.46 Å². The summed E-state index contributed by atoms with van der Waals surface area (Å²) in [6, 6.07) is 24.9. The second kappa shape index (κ2) is 9.63. The van der Waals surface area contributed by atoms with Crippen molar-refractivity contribution in [3.05, 3.63) is 109 Å². The van der Waals surface area contributed by atoms with Crippen LogP contribution in [0, 0.1) is 13.8 Å². The summed E-state index contributed by atoms with van der Waals surface area (Å²) in [4.78, 5) is 12.9. The number of nitrogens with one attached hydrogen (secondary N) is 1. The van der Waals surface area contributed by atoms with E-state index >= 15 is 0 Å². The number of imidazole rings is 1. The first-order chi connectivity index (χ1) is 17.4. The molecule has 5 aromatic rings. The van der Waals surface area contributed by atoms with Crippen LogP contribution in [0.15, 0.2) is 102 Å². The van der Waals surface area contributed by atoms with Gasteiger partial charge in [-0.2, -0.15) is 0 Å². The molecule has 1 N–H and O–H groups in total. The molecule has 9 heteroatoms. The summed E-state index contributed by atoms with van der Waals surface area (Å²) >= 11 is 0. The highest BCUT2D eigenvalue weighted by molar-refractivity contribution is 7.92. The summed E-state index contributed by atoms with van der Waals surface area (Å²) in [6.07, 6.45) is 3.12. The van der Waals surface area contributed by atoms with Crippen molar-refractivity contribution >= 4 is 15.7 Å². The Morgan fingerprint density at radius 2 is 1.50 bits per heavy atom. The Balaban J connectivity index is 1.27. The Bertz CT molecular complexity index is 1600. The minimum Gasteiger partial charge on any atom is -0.439 e. The number of rotatable bonds is 7. The second-order valence-electron chi connectivity index (χ2n) is 8.12. The van der Waals surface area contributed by atoms with E-state index in [4.69, 9.17) is 4.74 Å². The van der Waals surface area contributed by atoms with Crippen molar-refractivity contribution < 1.29 is 13.2 Å². The molecular weight excluding hydrogens is 474 g/mol. The molecule has 2 aromatic heterocycles. The highest BCUT2D eigenvalue weighted by atomic mass is 32.2. The zero-order valence-electron chi connectivity index (χ0n) is 19.7. The Hall–Kier alpha value is -4.50. The Morgan fingerprint density at radius 1 is 0.806 bits per heavy atom. The van der Waals surface area contributed by atoms with Crippen LogP contribution in [-0.4, -0.2) is 27.9 Å². The van der Waals surface area contributed by atoms with Crippen molar-refractivity contribution in [2.24, 2.45) is 0 Å². The maximum atomic E-state index is 12.9. The predicted molar refractivity (Wildman–Crippen MR) is 138 cm³/mol. The van der Waals surface area contributed by atoms with Gasteiger partial charge in [0.15, 0.2) is 0 Å². The number of benzene rings is 3. The third-order valence-corrected chi connectivity index (χ3v) is 7.12. The van der Waals surface area contributed by atoms with E-state index in [1.54, 1.807) is 60.9 Å². The standard InChI is InChI=1S/C27H23N5O3S/c1-19-20(2)32(18-30-19)26-16-27(29-17-28-26)35-24-12-10-23(11-13-24)31-36(33,34)25-14-8-22(9-15-25)21-6-4-3-5-7-21/h3-18,31H,1-2H3. The van der Waals surface area contributed by atoms with E-state index in [0.29, 0.717) is 23.1 Å². The molecule has 0 saturated heterocycles. The monoisotopic (exact) mass is 497 g/mol. The molecule has 0 spiro atoms. The van der Waals surface area contributed by atoms with Crippen molar-refractivity contribution in [3.8, 4) is 28.6 Å². The topological polar surface area (TPSA) is 99.0 Å². The predicted octanol–water partition coefficient (Wildman–Crippen LogP) is 5.54. The Labute approximate surface area is 209 Å². The Morgan fingerprint density at radius 3 is 2.17 bits per heavy atom. The lowest BCUT2D eigenvalue weighted by Crippen LogP contribution is -2.12. The highest BCUT2D eigenvalue weighted by Gasteiger charge is 2.15. The minimum atomic E-state index is -3.74. The fraction of sp³-hybridized carbons (Fsp3) is 0.0741. The minimum absolute atomic E-state index is 0.182. The van der Waals surface area contributed by atoms with Gasteiger partial charge in [-0.25, -0.2) is 23.4 Å². The fourth-order valence-electron chi connectivity index (χ4n) is 3.63. The summed E-state index contributed by atoms with van der Waals surface area (Å²) in [7, 11) is -3.74. The van der Waals surface area contributed by atoms with Gasteiger partial charge in [0, 0.05) is 17.4 Å². The third-order valence-electron chi connectivity index (χ3n) is 5.73. The normalized spacial score (nSPS) is 11.3. The van der Waals surface area contributed by atoms with Gasteiger partial charge in [-0.05, 0) is 61.4 Å². The molecule has 180 valence electrons. The smallest absolute Gasteiger partial charge is 0.261 e. The zero-order valence-corrected chi connectivity index (χ0v) is 20.5. The van der Waals surface area contributed by atoms with Crippen molar-refractivity contribution in [2.75, 3.05) is 4.72 Å². The number of anilines is 1. The molecule has 5 rings (SSSR count). The average molecular weight is 498 g/mol. The number of hydrogen-bond donors (Lipinski definition) is 1. The van der Waals surface area contributed by atoms with Gasteiger partial charge in [-0.15, -0.1) is 0 Å². The number of nitrogens with zero attached hydrogens (tertiary/aromatic N) is 4. The van der Waals surface area contributed by atoms with E-state index in [-0.39, 0.29) is 4.90 Å². The van der Waals surface area contributed by atoms with Crippen LogP contribution in [0.3, 0.4) is 0 Å². The van der Waals surface area contributed by atoms with Crippen molar-refractivity contribution in [1.82, 2.24) is 19.5 Å². The molecular formula is C27H23N5O3S. The molecule has 0 saturated carbocycles. The highest BCUT2D eigenvalue weighted by Crippen LogP contribution is 2.25. The van der Waals surface area contributed by atoms with Crippen LogP contribution >= 0.6 is 0 Å². The molecule has 0 aliphatic rings. The summed E-state index contributed by atoms with van der Waals surface area (Å²) in [6.45, 7) is 3.89. The molecule has 0 atom stereocenters. The molecule has 8 nitrogen and oxygen atoms in total. The number of ether oxygens (including phenoxy) is 1. The maximum absolute atomic E-state index is 12.9. The van der Waals surface area contributed by atoms with Gasteiger partial charge in [0.1, 0.15) is 24.2 Å². The third kappa shape index (κ3) is 4.96. The molecule has 3 aromatic carbocycles. The van der Waals surface area contributed by atoms with E-state index in [2.05, 4.69) is 19.7 Å². The molecule has 0 amide bonds. The van der Waals surface area contributed by atoms with E-state index in [1.807, 2.05) is 48.7 Å². The van der Waals surface area contributed by atoms with Crippen LogP contribution in [0.5, 0.6) is 11.6 Å². The molecule has 0 unspecified atom stereocenters. The van der Waals surface area contributed by atoms with Crippen molar-refractivity contribution in [2.45, 2.75) is 18.7 Å². The van der Waals surface area contributed by atoms with Gasteiger partial charge in [0.05, 0.1) is 10.6 Å². The number of sulfonamides is 1. The summed E-state index contributed by atoms with van der Waals surface area (Å²) in [5, 5.41) is 0. The number of hydrogen-bond acceptors (Lipinski definition) is 6. The summed E-state index contributed by atoms with van der Waals surface area (Å²) in [5.74, 6) is 1.51.